The van der Waals surface area contributed by atoms with Crippen molar-refractivity contribution in [2.45, 2.75) is 31.7 Å². The number of thiophene rings is 1. The van der Waals surface area contributed by atoms with E-state index >= 15 is 0 Å². The van der Waals surface area contributed by atoms with E-state index in [1.54, 1.807) is 7.11 Å². The van der Waals surface area contributed by atoms with Gasteiger partial charge in [-0.25, -0.2) is 4.79 Å². The van der Waals surface area contributed by atoms with Gasteiger partial charge in [0, 0.05) is 47.1 Å². The van der Waals surface area contributed by atoms with Crippen molar-refractivity contribution in [1.29, 1.82) is 0 Å². The van der Waals surface area contributed by atoms with Gasteiger partial charge in [-0.15, -0.1) is 23.7 Å². The number of hydrogen-bond donors (Lipinski definition) is 1. The zero-order chi connectivity index (χ0) is 23.9. The molecule has 190 valence electrons. The molecule has 6 rings (SSSR count). The number of ether oxygens (including phenoxy) is 2. The number of aromatic amines is 1. The van der Waals surface area contributed by atoms with Crippen LogP contribution >= 0.6 is 23.7 Å². The number of likely N-dealkylation sites (tertiary alicyclic amines) is 1. The molecule has 4 heterocycles. The van der Waals surface area contributed by atoms with Gasteiger partial charge in [-0.05, 0) is 37.6 Å². The van der Waals surface area contributed by atoms with Crippen LogP contribution in [0.3, 0.4) is 0 Å². The Morgan fingerprint density at radius 2 is 1.89 bits per heavy atom. The Morgan fingerprint density at radius 3 is 2.75 bits per heavy atom. The molecule has 0 radical (unpaired) electrons. The van der Waals surface area contributed by atoms with E-state index in [4.69, 9.17) is 9.47 Å². The molecular weight excluding hydrogens is 498 g/mol. The minimum absolute atomic E-state index is 0. The van der Waals surface area contributed by atoms with Crippen LogP contribution in [0.2, 0.25) is 0 Å². The van der Waals surface area contributed by atoms with Gasteiger partial charge in [-0.3, -0.25) is 9.36 Å². The van der Waals surface area contributed by atoms with E-state index in [1.807, 2.05) is 42.5 Å². The van der Waals surface area contributed by atoms with Crippen LogP contribution in [-0.2, 0) is 6.54 Å². The van der Waals surface area contributed by atoms with Gasteiger partial charge in [-0.2, -0.15) is 0 Å². The summed E-state index contributed by atoms with van der Waals surface area (Å²) >= 11 is 1.45. The molecule has 0 bridgehead atoms. The highest BCUT2D eigenvalue weighted by Gasteiger charge is 2.40. The summed E-state index contributed by atoms with van der Waals surface area (Å²) in [6.45, 7) is 4.26. The van der Waals surface area contributed by atoms with Gasteiger partial charge < -0.3 is 19.4 Å². The lowest BCUT2D eigenvalue weighted by molar-refractivity contribution is 0.209. The number of fused-ring (bicyclic) bond motifs is 6. The summed E-state index contributed by atoms with van der Waals surface area (Å²) in [5, 5.41) is 0.936. The van der Waals surface area contributed by atoms with Gasteiger partial charge >= 0.3 is 5.69 Å². The molecule has 2 aromatic heterocycles. The van der Waals surface area contributed by atoms with E-state index in [-0.39, 0.29) is 23.7 Å². The van der Waals surface area contributed by atoms with Gasteiger partial charge in [0.2, 0.25) is 0 Å². The van der Waals surface area contributed by atoms with Crippen LogP contribution in [0.15, 0.2) is 52.1 Å². The maximum Gasteiger partial charge on any atom is 0.328 e. The van der Waals surface area contributed by atoms with Crippen molar-refractivity contribution in [2.24, 2.45) is 5.92 Å². The molecule has 7 nitrogen and oxygen atoms in total. The fourth-order valence-electron chi connectivity index (χ4n) is 5.72. The van der Waals surface area contributed by atoms with E-state index in [9.17, 15) is 9.59 Å². The number of nitrogens with one attached hydrogen (secondary N) is 1. The normalized spacial score (nSPS) is 19.0. The van der Waals surface area contributed by atoms with Gasteiger partial charge in [0.05, 0.1) is 19.2 Å². The van der Waals surface area contributed by atoms with Crippen molar-refractivity contribution in [1.82, 2.24) is 14.5 Å². The van der Waals surface area contributed by atoms with E-state index in [0.717, 1.165) is 67.1 Å². The zero-order valence-corrected chi connectivity index (χ0v) is 21.8. The predicted molar refractivity (Wildman–Crippen MR) is 146 cm³/mol. The average Bonchev–Trinajstić information content (AvgIpc) is 3.46. The molecule has 1 saturated heterocycles. The van der Waals surface area contributed by atoms with Crippen molar-refractivity contribution in [3.05, 3.63) is 68.9 Å². The van der Waals surface area contributed by atoms with E-state index in [0.29, 0.717) is 28.6 Å². The largest absolute Gasteiger partial charge is 0.496 e. The first kappa shape index (κ1) is 24.9. The van der Waals surface area contributed by atoms with Crippen molar-refractivity contribution in [2.75, 3.05) is 33.4 Å². The Kier molecular flexibility index (Phi) is 7.10. The topological polar surface area (TPSA) is 76.6 Å². The second-order valence-corrected chi connectivity index (χ2v) is 10.6. The molecule has 9 heteroatoms. The van der Waals surface area contributed by atoms with Crippen LogP contribution in [0.4, 0.5) is 0 Å². The number of rotatable bonds is 7. The molecule has 1 fully saturated rings. The Morgan fingerprint density at radius 1 is 1.06 bits per heavy atom. The van der Waals surface area contributed by atoms with E-state index in [2.05, 4.69) is 9.88 Å². The van der Waals surface area contributed by atoms with Gasteiger partial charge in [-0.1, -0.05) is 30.7 Å². The Hall–Kier alpha value is -2.81. The number of methoxy groups -OCH3 is 1. The maximum atomic E-state index is 13.0. The van der Waals surface area contributed by atoms with Gasteiger partial charge in [0.25, 0.3) is 5.56 Å². The second-order valence-electron chi connectivity index (χ2n) is 9.56. The van der Waals surface area contributed by atoms with Crippen molar-refractivity contribution in [3.63, 3.8) is 0 Å². The third kappa shape index (κ3) is 4.31. The van der Waals surface area contributed by atoms with Crippen molar-refractivity contribution in [3.8, 4) is 11.5 Å². The number of benzene rings is 2. The molecule has 2 aliphatic rings. The van der Waals surface area contributed by atoms with Gasteiger partial charge in [0.15, 0.2) is 0 Å². The molecule has 36 heavy (non-hydrogen) atoms. The number of H-pyrrole nitrogens is 1. The van der Waals surface area contributed by atoms with Gasteiger partial charge in [0.1, 0.15) is 16.2 Å². The number of hydrogen-bond acceptors (Lipinski definition) is 6. The fourth-order valence-corrected chi connectivity index (χ4v) is 6.83. The van der Waals surface area contributed by atoms with Crippen LogP contribution in [-0.4, -0.2) is 47.8 Å². The quantitative estimate of drug-likeness (QED) is 0.355. The minimum atomic E-state index is -0.317. The van der Waals surface area contributed by atoms with Crippen LogP contribution in [0.25, 0.3) is 20.3 Å². The summed E-state index contributed by atoms with van der Waals surface area (Å²) in [5.41, 5.74) is 1.38. The number of nitrogens with zero attached hydrogens (tertiary/aromatic N) is 2. The minimum Gasteiger partial charge on any atom is -0.496 e. The van der Waals surface area contributed by atoms with Crippen molar-refractivity contribution < 1.29 is 9.47 Å². The summed E-state index contributed by atoms with van der Waals surface area (Å²) in [7, 11) is 1.72. The third-order valence-corrected chi connectivity index (χ3v) is 8.61. The van der Waals surface area contributed by atoms with Crippen LogP contribution in [0.1, 0.15) is 30.7 Å². The summed E-state index contributed by atoms with van der Waals surface area (Å²) in [5.74, 6) is 2.81. The van der Waals surface area contributed by atoms with E-state index < -0.39 is 0 Å². The molecule has 4 aromatic rings. The summed E-state index contributed by atoms with van der Waals surface area (Å²) < 4.78 is 14.7. The fraction of sp³-hybridized carbons (Fsp3) is 0.407. The average molecular weight is 528 g/mol. The Balaban J connectivity index is 0.00000267. The summed E-state index contributed by atoms with van der Waals surface area (Å²) in [6, 6.07) is 13.9. The first-order valence-electron chi connectivity index (χ1n) is 12.3. The van der Waals surface area contributed by atoms with E-state index in [1.165, 1.54) is 21.5 Å². The molecule has 2 atom stereocenters. The molecule has 2 aliphatic heterocycles. The zero-order valence-electron chi connectivity index (χ0n) is 20.2. The highest BCUT2D eigenvalue weighted by molar-refractivity contribution is 7.25. The molecule has 0 amide bonds. The molecule has 0 saturated carbocycles. The molecule has 2 aromatic carbocycles. The predicted octanol–water partition coefficient (Wildman–Crippen LogP) is 4.61. The van der Waals surface area contributed by atoms with Crippen LogP contribution < -0.4 is 20.7 Å². The maximum absolute atomic E-state index is 13.0. The highest BCUT2D eigenvalue weighted by atomic mass is 35.5. The van der Waals surface area contributed by atoms with Crippen LogP contribution in [0.5, 0.6) is 11.5 Å². The highest BCUT2D eigenvalue weighted by Crippen LogP contribution is 2.46. The molecule has 0 unspecified atom stereocenters. The lowest BCUT2D eigenvalue weighted by atomic mass is 9.86. The first-order chi connectivity index (χ1) is 17.1. The second kappa shape index (κ2) is 10.3. The summed E-state index contributed by atoms with van der Waals surface area (Å²) in [6.07, 6.45) is 2.81. The Labute approximate surface area is 219 Å². The monoisotopic (exact) mass is 527 g/mol. The standard InChI is InChI=1S/C27H29N3O4S.ClH/c1-33-20-9-7-10-21-23(20)19-15-29(14-17(19)16-34-21)12-5-2-6-13-30-26(31)25-24(28-27(30)32)18-8-3-4-11-22(18)35-25;/h3-4,7-11,17,19H,2,5-6,12-16H2,1H3,(H,28,32);1H/t17-,19-;/m1./s1. The number of aromatic nitrogens is 2. The first-order valence-corrected chi connectivity index (χ1v) is 13.1. The smallest absolute Gasteiger partial charge is 0.328 e. The summed E-state index contributed by atoms with van der Waals surface area (Å²) in [4.78, 5) is 31.1. The molecule has 1 N–H and O–H groups in total. The molecule has 0 spiro atoms. The molecular formula is C27H30ClN3O4S. The third-order valence-electron chi connectivity index (χ3n) is 7.45. The Bertz CT molecular complexity index is 1500. The molecule has 0 aliphatic carbocycles. The lowest BCUT2D eigenvalue weighted by Crippen LogP contribution is -2.34. The SMILES string of the molecule is COc1cccc2c1[C@@H]1CN(CCCCCn3c(=O)[nH]c4c(sc5ccccc54)c3=O)C[C@@H]1CO2.Cl. The van der Waals surface area contributed by atoms with Crippen molar-refractivity contribution >= 4 is 44.0 Å². The number of unbranched alkanes of at least 4 members (excludes halogenated alkanes) is 2. The number of halogens is 1. The lowest BCUT2D eigenvalue weighted by Gasteiger charge is -2.29. The van der Waals surface area contributed by atoms with Crippen LogP contribution in [0, 0.1) is 5.92 Å².